The first-order chi connectivity index (χ1) is 8.52. The van der Waals surface area contributed by atoms with Gasteiger partial charge in [-0.1, -0.05) is 15.9 Å². The van der Waals surface area contributed by atoms with Gasteiger partial charge < -0.3 is 15.6 Å². The van der Waals surface area contributed by atoms with E-state index in [-0.39, 0.29) is 18.4 Å². The maximum Gasteiger partial charge on any atom is 0.120 e. The standard InChI is InChI=1S/C14H20BrNO2.ClH/c1-8-7-11(17)12(9(2)13(8)15)14(16)10-3-5-18-6-4-10;/h7,10,14,17H,3-6,16H2,1-2H3;1H/t14-;/m1./s1. The van der Waals surface area contributed by atoms with E-state index < -0.39 is 0 Å². The minimum atomic E-state index is -0.120. The molecule has 1 aromatic carbocycles. The monoisotopic (exact) mass is 349 g/mol. The highest BCUT2D eigenvalue weighted by Crippen LogP contribution is 2.39. The Kier molecular flexibility index (Phi) is 6.12. The smallest absolute Gasteiger partial charge is 0.120 e. The van der Waals surface area contributed by atoms with E-state index in [0.29, 0.717) is 11.7 Å². The predicted octanol–water partition coefficient (Wildman–Crippen LogP) is 3.62. The van der Waals surface area contributed by atoms with Crippen LogP contribution in [0.2, 0.25) is 0 Å². The van der Waals surface area contributed by atoms with Crippen LogP contribution in [0.15, 0.2) is 10.5 Å². The van der Waals surface area contributed by atoms with Gasteiger partial charge >= 0.3 is 0 Å². The van der Waals surface area contributed by atoms with Gasteiger partial charge in [-0.3, -0.25) is 0 Å². The number of phenols is 1. The number of benzene rings is 1. The highest BCUT2D eigenvalue weighted by atomic mass is 79.9. The molecule has 0 saturated carbocycles. The fourth-order valence-electron chi connectivity index (χ4n) is 2.68. The normalized spacial score (nSPS) is 17.9. The van der Waals surface area contributed by atoms with E-state index in [1.807, 2.05) is 13.8 Å². The van der Waals surface area contributed by atoms with E-state index >= 15 is 0 Å². The van der Waals surface area contributed by atoms with Crippen LogP contribution in [-0.4, -0.2) is 18.3 Å². The van der Waals surface area contributed by atoms with Crippen LogP contribution < -0.4 is 5.73 Å². The summed E-state index contributed by atoms with van der Waals surface area (Å²) in [6.45, 7) is 5.52. The quantitative estimate of drug-likeness (QED) is 0.856. The number of rotatable bonds is 2. The molecule has 19 heavy (non-hydrogen) atoms. The fourth-order valence-corrected chi connectivity index (χ4v) is 3.01. The molecule has 1 aliphatic rings. The zero-order chi connectivity index (χ0) is 13.3. The van der Waals surface area contributed by atoms with Crippen molar-refractivity contribution >= 4 is 28.3 Å². The lowest BCUT2D eigenvalue weighted by atomic mass is 9.85. The van der Waals surface area contributed by atoms with Crippen molar-refractivity contribution in [1.29, 1.82) is 0 Å². The Morgan fingerprint density at radius 3 is 2.53 bits per heavy atom. The topological polar surface area (TPSA) is 55.5 Å². The number of ether oxygens (including phenoxy) is 1. The molecule has 0 amide bonds. The molecule has 3 nitrogen and oxygen atoms in total. The first kappa shape index (κ1) is 16.8. The second kappa shape index (κ2) is 6.93. The Morgan fingerprint density at radius 1 is 1.37 bits per heavy atom. The number of nitrogens with two attached hydrogens (primary N) is 1. The van der Waals surface area contributed by atoms with Crippen LogP contribution in [0.5, 0.6) is 5.75 Å². The van der Waals surface area contributed by atoms with E-state index in [0.717, 1.165) is 47.2 Å². The molecule has 2 rings (SSSR count). The minimum Gasteiger partial charge on any atom is -0.508 e. The van der Waals surface area contributed by atoms with Crippen molar-refractivity contribution in [1.82, 2.24) is 0 Å². The molecule has 1 heterocycles. The molecular formula is C14H21BrClNO2. The highest BCUT2D eigenvalue weighted by Gasteiger charge is 2.26. The molecule has 1 aliphatic heterocycles. The minimum absolute atomic E-state index is 0. The Hall–Kier alpha value is -0.290. The van der Waals surface area contributed by atoms with E-state index in [1.165, 1.54) is 0 Å². The maximum atomic E-state index is 10.2. The summed E-state index contributed by atoms with van der Waals surface area (Å²) in [5.41, 5.74) is 9.31. The summed E-state index contributed by atoms with van der Waals surface area (Å²) in [5, 5.41) is 10.2. The van der Waals surface area contributed by atoms with Gasteiger partial charge in [-0.15, -0.1) is 12.4 Å². The molecule has 0 unspecified atom stereocenters. The molecule has 0 aliphatic carbocycles. The summed E-state index contributed by atoms with van der Waals surface area (Å²) in [7, 11) is 0. The van der Waals surface area contributed by atoms with Gasteiger partial charge in [-0.05, 0) is 49.8 Å². The summed E-state index contributed by atoms with van der Waals surface area (Å²) in [6.07, 6.45) is 1.93. The molecule has 5 heteroatoms. The molecule has 0 aromatic heterocycles. The zero-order valence-electron chi connectivity index (χ0n) is 11.3. The van der Waals surface area contributed by atoms with Crippen molar-refractivity contribution in [2.45, 2.75) is 32.7 Å². The predicted molar refractivity (Wildman–Crippen MR) is 83.0 cm³/mol. The Labute approximate surface area is 129 Å². The van der Waals surface area contributed by atoms with Gasteiger partial charge in [0.2, 0.25) is 0 Å². The summed E-state index contributed by atoms with van der Waals surface area (Å²) in [6, 6.07) is 1.66. The van der Waals surface area contributed by atoms with Gasteiger partial charge in [0.15, 0.2) is 0 Å². The van der Waals surface area contributed by atoms with Crippen LogP contribution >= 0.6 is 28.3 Å². The fraction of sp³-hybridized carbons (Fsp3) is 0.571. The molecule has 1 aromatic rings. The van der Waals surface area contributed by atoms with Gasteiger partial charge in [-0.25, -0.2) is 0 Å². The summed E-state index contributed by atoms with van der Waals surface area (Å²) in [4.78, 5) is 0. The first-order valence-corrected chi connectivity index (χ1v) is 7.13. The summed E-state index contributed by atoms with van der Waals surface area (Å²) in [5.74, 6) is 0.699. The van der Waals surface area contributed by atoms with Gasteiger partial charge in [0, 0.05) is 29.3 Å². The van der Waals surface area contributed by atoms with Crippen molar-refractivity contribution in [3.05, 3.63) is 27.2 Å². The van der Waals surface area contributed by atoms with Crippen LogP contribution in [0.4, 0.5) is 0 Å². The third-order valence-corrected chi connectivity index (χ3v) is 5.04. The van der Waals surface area contributed by atoms with Crippen LogP contribution in [-0.2, 0) is 4.74 Å². The van der Waals surface area contributed by atoms with Gasteiger partial charge in [-0.2, -0.15) is 0 Å². The summed E-state index contributed by atoms with van der Waals surface area (Å²) < 4.78 is 6.40. The SMILES string of the molecule is Cc1cc(O)c([C@H](N)C2CCOCC2)c(C)c1Br.Cl. The van der Waals surface area contributed by atoms with Crippen LogP contribution in [0.3, 0.4) is 0 Å². The second-order valence-electron chi connectivity index (χ2n) is 5.04. The number of halogens is 2. The summed E-state index contributed by atoms with van der Waals surface area (Å²) >= 11 is 3.57. The molecule has 1 atom stereocenters. The van der Waals surface area contributed by atoms with Crippen molar-refractivity contribution in [2.24, 2.45) is 11.7 Å². The zero-order valence-corrected chi connectivity index (χ0v) is 13.7. The molecule has 108 valence electrons. The Morgan fingerprint density at radius 2 is 1.95 bits per heavy atom. The second-order valence-corrected chi connectivity index (χ2v) is 5.83. The number of hydrogen-bond donors (Lipinski definition) is 2. The van der Waals surface area contributed by atoms with Crippen LogP contribution in [0, 0.1) is 19.8 Å². The van der Waals surface area contributed by atoms with E-state index in [4.69, 9.17) is 10.5 Å². The van der Waals surface area contributed by atoms with E-state index in [2.05, 4.69) is 15.9 Å². The molecule has 0 radical (unpaired) electrons. The Balaban J connectivity index is 0.00000180. The van der Waals surface area contributed by atoms with Crippen molar-refractivity contribution < 1.29 is 9.84 Å². The van der Waals surface area contributed by atoms with E-state index in [9.17, 15) is 5.11 Å². The number of phenolic OH excluding ortho intramolecular Hbond substituents is 1. The third kappa shape index (κ3) is 3.43. The number of aromatic hydroxyl groups is 1. The number of hydrogen-bond acceptors (Lipinski definition) is 3. The van der Waals surface area contributed by atoms with Gasteiger partial charge in [0.25, 0.3) is 0 Å². The molecule has 1 fully saturated rings. The highest BCUT2D eigenvalue weighted by molar-refractivity contribution is 9.10. The molecule has 3 N–H and O–H groups in total. The molecular weight excluding hydrogens is 330 g/mol. The van der Waals surface area contributed by atoms with Crippen molar-refractivity contribution in [2.75, 3.05) is 13.2 Å². The molecule has 0 bridgehead atoms. The van der Waals surface area contributed by atoms with E-state index in [1.54, 1.807) is 6.07 Å². The average Bonchev–Trinajstić information content (AvgIpc) is 2.37. The van der Waals surface area contributed by atoms with Gasteiger partial charge in [0.1, 0.15) is 5.75 Å². The first-order valence-electron chi connectivity index (χ1n) is 6.34. The molecule has 1 saturated heterocycles. The van der Waals surface area contributed by atoms with Crippen molar-refractivity contribution in [3.8, 4) is 5.75 Å². The molecule has 0 spiro atoms. The third-order valence-electron chi connectivity index (χ3n) is 3.82. The lowest BCUT2D eigenvalue weighted by Gasteiger charge is -2.29. The van der Waals surface area contributed by atoms with Crippen LogP contribution in [0.1, 0.15) is 35.6 Å². The van der Waals surface area contributed by atoms with Crippen LogP contribution in [0.25, 0.3) is 0 Å². The maximum absolute atomic E-state index is 10.2. The lowest BCUT2D eigenvalue weighted by Crippen LogP contribution is -2.28. The van der Waals surface area contributed by atoms with Crippen molar-refractivity contribution in [3.63, 3.8) is 0 Å². The average molecular weight is 351 g/mol. The van der Waals surface area contributed by atoms with Gasteiger partial charge in [0.05, 0.1) is 0 Å². The number of aryl methyl sites for hydroxylation is 1. The Bertz CT molecular complexity index is 448. The largest absolute Gasteiger partial charge is 0.508 e. The lowest BCUT2D eigenvalue weighted by molar-refractivity contribution is 0.0580.